The van der Waals surface area contributed by atoms with Crippen molar-refractivity contribution in [3.8, 4) is 11.5 Å². The summed E-state index contributed by atoms with van der Waals surface area (Å²) in [6, 6.07) is 9.31. The lowest BCUT2D eigenvalue weighted by Gasteiger charge is -2.11. The van der Waals surface area contributed by atoms with Gasteiger partial charge in [-0.05, 0) is 23.3 Å². The molecule has 0 N–H and O–H groups in total. The molecule has 136 valence electrons. The number of nitrogens with zero attached hydrogens (tertiary/aromatic N) is 1. The number of hydrogen-bond acceptors (Lipinski definition) is 6. The molecule has 0 radical (unpaired) electrons. The number of nitro groups is 1. The van der Waals surface area contributed by atoms with Crippen LogP contribution in [0.15, 0.2) is 36.4 Å². The number of ether oxygens (including phenoxy) is 3. The zero-order valence-electron chi connectivity index (χ0n) is 13.8. The zero-order chi connectivity index (χ0) is 18.5. The molecule has 7 nitrogen and oxygen atoms in total. The van der Waals surface area contributed by atoms with E-state index in [9.17, 15) is 14.9 Å². The van der Waals surface area contributed by atoms with Crippen LogP contribution in [0.25, 0.3) is 0 Å². The summed E-state index contributed by atoms with van der Waals surface area (Å²) in [5.41, 5.74) is 1.14. The van der Waals surface area contributed by atoms with Crippen molar-refractivity contribution in [2.75, 3.05) is 13.2 Å². The lowest BCUT2D eigenvalue weighted by Crippen LogP contribution is -2.08. The quantitative estimate of drug-likeness (QED) is 0.448. The standard InChI is InChI=1S/C18H16ClNO6/c19-15-8-13(9-16-18(15)25-6-2-5-24-16)10-17(21)26-11-12-3-1-4-14(7-12)20(22)23/h1,3-4,7-9H,2,5-6,10-11H2. The minimum absolute atomic E-state index is 0.00524. The maximum absolute atomic E-state index is 12.1. The Morgan fingerprint density at radius 1 is 1.19 bits per heavy atom. The molecule has 0 bridgehead atoms. The predicted molar refractivity (Wildman–Crippen MR) is 93.7 cm³/mol. The Morgan fingerprint density at radius 3 is 2.81 bits per heavy atom. The summed E-state index contributed by atoms with van der Waals surface area (Å²) in [6.07, 6.45) is 0.761. The Hall–Kier alpha value is -2.80. The summed E-state index contributed by atoms with van der Waals surface area (Å²) in [7, 11) is 0. The van der Waals surface area contributed by atoms with E-state index in [1.165, 1.54) is 12.1 Å². The normalized spacial score (nSPS) is 13.0. The summed E-state index contributed by atoms with van der Waals surface area (Å²) in [5, 5.41) is 11.1. The molecule has 0 atom stereocenters. The van der Waals surface area contributed by atoms with Crippen LogP contribution in [0.3, 0.4) is 0 Å². The molecule has 0 amide bonds. The van der Waals surface area contributed by atoms with Gasteiger partial charge in [-0.25, -0.2) is 0 Å². The van der Waals surface area contributed by atoms with Crippen LogP contribution in [0.2, 0.25) is 5.02 Å². The number of hydrogen-bond donors (Lipinski definition) is 0. The monoisotopic (exact) mass is 377 g/mol. The molecule has 0 spiro atoms. The fraction of sp³-hybridized carbons (Fsp3) is 0.278. The van der Waals surface area contributed by atoms with Gasteiger partial charge in [-0.1, -0.05) is 23.7 Å². The molecule has 0 fully saturated rings. The number of carbonyl (C=O) groups is 1. The summed E-state index contributed by atoms with van der Waals surface area (Å²) in [4.78, 5) is 22.4. The lowest BCUT2D eigenvalue weighted by atomic mass is 10.1. The minimum Gasteiger partial charge on any atom is -0.489 e. The maximum atomic E-state index is 12.1. The Bertz CT molecular complexity index is 838. The highest BCUT2D eigenvalue weighted by Gasteiger charge is 2.17. The first-order valence-corrected chi connectivity index (χ1v) is 8.37. The molecule has 1 aliphatic rings. The Labute approximate surface area is 154 Å². The molecule has 26 heavy (non-hydrogen) atoms. The van der Waals surface area contributed by atoms with Crippen molar-refractivity contribution < 1.29 is 23.9 Å². The van der Waals surface area contributed by atoms with Crippen molar-refractivity contribution in [2.24, 2.45) is 0 Å². The molecule has 0 aromatic heterocycles. The van der Waals surface area contributed by atoms with E-state index in [4.69, 9.17) is 25.8 Å². The number of rotatable bonds is 5. The number of fused-ring (bicyclic) bond motifs is 1. The Balaban J connectivity index is 1.63. The lowest BCUT2D eigenvalue weighted by molar-refractivity contribution is -0.384. The summed E-state index contributed by atoms with van der Waals surface area (Å²) in [6.45, 7) is 1.00. The van der Waals surface area contributed by atoms with E-state index in [1.807, 2.05) is 0 Å². The van der Waals surface area contributed by atoms with Gasteiger partial charge in [0.15, 0.2) is 11.5 Å². The molecule has 2 aromatic carbocycles. The van der Waals surface area contributed by atoms with Crippen LogP contribution in [0.5, 0.6) is 11.5 Å². The van der Waals surface area contributed by atoms with Crippen LogP contribution >= 0.6 is 11.6 Å². The zero-order valence-corrected chi connectivity index (χ0v) is 14.5. The first kappa shape index (κ1) is 18.0. The van der Waals surface area contributed by atoms with Crippen LogP contribution in [0, 0.1) is 10.1 Å². The average molecular weight is 378 g/mol. The van der Waals surface area contributed by atoms with E-state index < -0.39 is 10.9 Å². The summed E-state index contributed by atoms with van der Waals surface area (Å²) in [5.74, 6) is 0.524. The van der Waals surface area contributed by atoms with Crippen LogP contribution in [-0.2, 0) is 22.6 Å². The van der Waals surface area contributed by atoms with E-state index in [0.29, 0.717) is 40.9 Å². The summed E-state index contributed by atoms with van der Waals surface area (Å²) >= 11 is 6.20. The third-order valence-electron chi connectivity index (χ3n) is 3.73. The number of non-ortho nitro benzene ring substituents is 1. The molecule has 2 aromatic rings. The Kier molecular flexibility index (Phi) is 5.58. The fourth-order valence-corrected chi connectivity index (χ4v) is 2.82. The average Bonchev–Trinajstić information content (AvgIpc) is 2.86. The Morgan fingerprint density at radius 2 is 2.00 bits per heavy atom. The second-order valence-electron chi connectivity index (χ2n) is 5.72. The molecule has 3 rings (SSSR count). The maximum Gasteiger partial charge on any atom is 0.310 e. The van der Waals surface area contributed by atoms with E-state index in [2.05, 4.69) is 0 Å². The van der Waals surface area contributed by atoms with E-state index in [-0.39, 0.29) is 18.7 Å². The van der Waals surface area contributed by atoms with Gasteiger partial charge in [-0.2, -0.15) is 0 Å². The van der Waals surface area contributed by atoms with Crippen LogP contribution < -0.4 is 9.47 Å². The van der Waals surface area contributed by atoms with Crippen molar-refractivity contribution in [3.63, 3.8) is 0 Å². The minimum atomic E-state index is -0.495. The van der Waals surface area contributed by atoms with Crippen molar-refractivity contribution >= 4 is 23.3 Å². The molecule has 0 saturated carbocycles. The van der Waals surface area contributed by atoms with Crippen molar-refractivity contribution in [1.29, 1.82) is 0 Å². The molecular weight excluding hydrogens is 362 g/mol. The molecule has 0 aliphatic carbocycles. The number of nitro benzene ring substituents is 1. The van der Waals surface area contributed by atoms with Gasteiger partial charge in [0.1, 0.15) is 6.61 Å². The van der Waals surface area contributed by atoms with E-state index in [1.54, 1.807) is 24.3 Å². The van der Waals surface area contributed by atoms with Crippen molar-refractivity contribution in [2.45, 2.75) is 19.4 Å². The van der Waals surface area contributed by atoms with Gasteiger partial charge in [0, 0.05) is 18.6 Å². The largest absolute Gasteiger partial charge is 0.489 e. The van der Waals surface area contributed by atoms with Gasteiger partial charge in [0.05, 0.1) is 29.6 Å². The third-order valence-corrected chi connectivity index (χ3v) is 4.01. The van der Waals surface area contributed by atoms with Gasteiger partial charge < -0.3 is 14.2 Å². The number of esters is 1. The van der Waals surface area contributed by atoms with Gasteiger partial charge in [-0.3, -0.25) is 14.9 Å². The smallest absolute Gasteiger partial charge is 0.310 e. The highest BCUT2D eigenvalue weighted by molar-refractivity contribution is 6.32. The topological polar surface area (TPSA) is 87.9 Å². The third kappa shape index (κ3) is 4.43. The number of halogens is 1. The van der Waals surface area contributed by atoms with Crippen molar-refractivity contribution in [1.82, 2.24) is 0 Å². The first-order chi connectivity index (χ1) is 12.5. The van der Waals surface area contributed by atoms with Gasteiger partial charge >= 0.3 is 5.97 Å². The van der Waals surface area contributed by atoms with Crippen LogP contribution in [0.1, 0.15) is 17.5 Å². The number of carbonyl (C=O) groups excluding carboxylic acids is 1. The highest BCUT2D eigenvalue weighted by Crippen LogP contribution is 2.38. The molecule has 0 unspecified atom stereocenters. The fourth-order valence-electron chi connectivity index (χ4n) is 2.53. The van der Waals surface area contributed by atoms with Gasteiger partial charge in [0.2, 0.25) is 0 Å². The molecule has 0 saturated heterocycles. The van der Waals surface area contributed by atoms with Crippen LogP contribution in [0.4, 0.5) is 5.69 Å². The van der Waals surface area contributed by atoms with Gasteiger partial charge in [-0.15, -0.1) is 0 Å². The summed E-state index contributed by atoms with van der Waals surface area (Å²) < 4.78 is 16.3. The first-order valence-electron chi connectivity index (χ1n) is 8.00. The van der Waals surface area contributed by atoms with Crippen molar-refractivity contribution in [3.05, 3.63) is 62.7 Å². The van der Waals surface area contributed by atoms with E-state index in [0.717, 1.165) is 6.42 Å². The molecule has 1 heterocycles. The van der Waals surface area contributed by atoms with E-state index >= 15 is 0 Å². The molecule has 8 heteroatoms. The molecule has 1 aliphatic heterocycles. The molecular formula is C18H16ClNO6. The number of benzene rings is 2. The second-order valence-corrected chi connectivity index (χ2v) is 6.13. The SMILES string of the molecule is O=C(Cc1cc(Cl)c2c(c1)OCCCO2)OCc1cccc([N+](=O)[O-])c1. The van der Waals surface area contributed by atoms with Crippen LogP contribution in [-0.4, -0.2) is 24.1 Å². The predicted octanol–water partition coefficient (Wildman–Crippen LogP) is 3.70. The second kappa shape index (κ2) is 8.05. The van der Waals surface area contributed by atoms with Gasteiger partial charge in [0.25, 0.3) is 5.69 Å². The highest BCUT2D eigenvalue weighted by atomic mass is 35.5.